The first-order chi connectivity index (χ1) is 18.4. The first kappa shape index (κ1) is 31.4. The summed E-state index contributed by atoms with van der Waals surface area (Å²) in [7, 11) is -0.547. The molecule has 0 N–H and O–H groups in total. The zero-order valence-corrected chi connectivity index (χ0v) is 27.3. The number of nitrogens with zero attached hydrogens (tertiary/aromatic N) is 1. The van der Waals surface area contributed by atoms with Crippen LogP contribution in [0.5, 0.6) is 0 Å². The summed E-state index contributed by atoms with van der Waals surface area (Å²) in [6.07, 6.45) is 9.88. The van der Waals surface area contributed by atoms with Gasteiger partial charge in [-0.15, -0.1) is 0 Å². The van der Waals surface area contributed by atoms with Gasteiger partial charge in [0.25, 0.3) is 0 Å². The van der Waals surface area contributed by atoms with Crippen molar-refractivity contribution in [1.29, 1.82) is 5.26 Å². The summed E-state index contributed by atoms with van der Waals surface area (Å²) in [5.74, 6) is -0.328. The van der Waals surface area contributed by atoms with Gasteiger partial charge in [0.1, 0.15) is 6.07 Å². The maximum absolute atomic E-state index is 14.3. The molecule has 2 fully saturated rings. The molecular weight excluding hydrogens is 521 g/mol. The molecule has 0 bridgehead atoms. The summed E-state index contributed by atoms with van der Waals surface area (Å²) in [6.45, 7) is 17.2. The van der Waals surface area contributed by atoms with Gasteiger partial charge >= 0.3 is 7.60 Å². The highest BCUT2D eigenvalue weighted by Crippen LogP contribution is 2.75. The minimum absolute atomic E-state index is 0.0121. The topological polar surface area (TPSA) is 93.5 Å². The average molecular weight is 572 g/mol. The highest BCUT2D eigenvalue weighted by Gasteiger charge is 2.69. The van der Waals surface area contributed by atoms with E-state index >= 15 is 0 Å². The Morgan fingerprint density at radius 1 is 1.07 bits per heavy atom. The van der Waals surface area contributed by atoms with E-state index in [9.17, 15) is 19.4 Å². The van der Waals surface area contributed by atoms with Gasteiger partial charge in [0.05, 0.1) is 10.7 Å². The van der Waals surface area contributed by atoms with Crippen LogP contribution in [0.2, 0.25) is 0 Å². The molecule has 0 amide bonds. The third kappa shape index (κ3) is 4.12. The van der Waals surface area contributed by atoms with Crippen LogP contribution in [0.3, 0.4) is 0 Å². The molecule has 4 aliphatic rings. The third-order valence-electron chi connectivity index (χ3n) is 12.7. The zero-order valence-electron chi connectivity index (χ0n) is 26.4. The molecule has 6 atom stereocenters. The van der Waals surface area contributed by atoms with E-state index in [1.54, 1.807) is 0 Å². The number of hydrogen-bond donors (Lipinski definition) is 0. The van der Waals surface area contributed by atoms with Crippen molar-refractivity contribution in [2.75, 3.05) is 14.2 Å². The predicted octanol–water partition coefficient (Wildman–Crippen LogP) is 8.22. The molecule has 0 aromatic rings. The number of nitriles is 1. The van der Waals surface area contributed by atoms with Gasteiger partial charge < -0.3 is 9.05 Å². The number of hydrogen-bond acceptors (Lipinski definition) is 6. The maximum atomic E-state index is 14.3. The summed E-state index contributed by atoms with van der Waals surface area (Å²) in [5.41, 5.74) is -0.556. The van der Waals surface area contributed by atoms with E-state index in [-0.39, 0.29) is 45.2 Å². The van der Waals surface area contributed by atoms with E-state index in [4.69, 9.17) is 9.05 Å². The second-order valence-corrected chi connectivity index (χ2v) is 17.8. The van der Waals surface area contributed by atoms with E-state index in [0.29, 0.717) is 19.3 Å². The number of carbonyl (C=O) groups is 2. The summed E-state index contributed by atoms with van der Waals surface area (Å²) >= 11 is 0. The lowest BCUT2D eigenvalue weighted by molar-refractivity contribution is -0.142. The number of rotatable bonds is 7. The smallest absolute Gasteiger partial charge is 0.312 e. The van der Waals surface area contributed by atoms with Gasteiger partial charge in [0.15, 0.2) is 11.6 Å². The Hall–Kier alpha value is -1.54. The molecule has 4 rings (SSSR count). The first-order valence-electron chi connectivity index (χ1n) is 15.0. The SMILES string of the molecule is CCC(C)(C)CC[C@]1(P(=O)(OC)OC)CC[C@]2(C)[C@@H](C1)C(=O)C=C1[C@@]3(C)C=C(C#N)C(=O)C(C)(C)[C@@H]3CC[C@]12C. The molecule has 222 valence electrons. The number of Topliss-reactive ketones (excluding diaryl/α,β-unsaturated/α-hetero) is 1. The van der Waals surface area contributed by atoms with Crippen molar-refractivity contribution in [3.63, 3.8) is 0 Å². The van der Waals surface area contributed by atoms with Crippen LogP contribution in [0.25, 0.3) is 0 Å². The van der Waals surface area contributed by atoms with Gasteiger partial charge in [-0.05, 0) is 73.2 Å². The quantitative estimate of drug-likeness (QED) is 0.286. The Balaban J connectivity index is 1.85. The number of ketones is 2. The van der Waals surface area contributed by atoms with Gasteiger partial charge in [-0.3, -0.25) is 14.2 Å². The molecule has 2 saturated carbocycles. The molecule has 0 spiro atoms. The molecule has 4 aliphatic carbocycles. The van der Waals surface area contributed by atoms with Crippen molar-refractivity contribution in [1.82, 2.24) is 0 Å². The van der Waals surface area contributed by atoms with Gasteiger partial charge in [-0.25, -0.2) is 0 Å². The molecule has 0 unspecified atom stereocenters. The van der Waals surface area contributed by atoms with Crippen LogP contribution in [0.1, 0.15) is 107 Å². The van der Waals surface area contributed by atoms with Gasteiger partial charge in [-0.1, -0.05) is 73.5 Å². The standard InChI is InChI=1S/C33H50NO5P/c1-11-28(2,3)14-16-33(40(37,38-9)39-10)17-15-31(7)23(20-33)24(35)18-26-30(6)19-22(21-34)27(36)29(4,5)25(30)12-13-32(26,31)8/h18-19,23,25H,11-17,20H2,1-10H3/t23-,25-,30-,31+,32+,33-/m0/s1. The van der Waals surface area contributed by atoms with Crippen molar-refractivity contribution in [2.45, 2.75) is 112 Å². The number of fused-ring (bicyclic) bond motifs is 5. The van der Waals surface area contributed by atoms with Gasteiger partial charge in [0.2, 0.25) is 0 Å². The first-order valence-corrected chi connectivity index (χ1v) is 16.6. The van der Waals surface area contributed by atoms with Crippen molar-refractivity contribution < 1.29 is 23.2 Å². The lowest BCUT2D eigenvalue weighted by Gasteiger charge is -2.66. The van der Waals surface area contributed by atoms with E-state index < -0.39 is 23.6 Å². The largest absolute Gasteiger partial charge is 0.336 e. The molecular formula is C33H50NO5P. The fourth-order valence-corrected chi connectivity index (χ4v) is 11.4. The molecule has 0 aliphatic heterocycles. The minimum Gasteiger partial charge on any atom is -0.312 e. The Labute approximate surface area is 241 Å². The van der Waals surface area contributed by atoms with Crippen LogP contribution in [0.15, 0.2) is 23.3 Å². The highest BCUT2D eigenvalue weighted by atomic mass is 31.2. The zero-order chi connectivity index (χ0) is 30.2. The Kier molecular flexibility index (Phi) is 7.65. The van der Waals surface area contributed by atoms with Crippen LogP contribution in [-0.2, 0) is 23.2 Å². The van der Waals surface area contributed by atoms with Crippen LogP contribution < -0.4 is 0 Å². The molecule has 7 heteroatoms. The summed E-state index contributed by atoms with van der Waals surface area (Å²) in [6, 6.07) is 2.16. The second kappa shape index (κ2) is 9.75. The Morgan fingerprint density at radius 2 is 1.70 bits per heavy atom. The van der Waals surface area contributed by atoms with E-state index in [0.717, 1.165) is 37.7 Å². The predicted molar refractivity (Wildman–Crippen MR) is 158 cm³/mol. The Bertz CT molecular complexity index is 1250. The maximum Gasteiger partial charge on any atom is 0.336 e. The van der Waals surface area contributed by atoms with Crippen LogP contribution in [0, 0.1) is 50.2 Å². The lowest BCUT2D eigenvalue weighted by atomic mass is 9.37. The average Bonchev–Trinajstić information content (AvgIpc) is 2.91. The monoisotopic (exact) mass is 571 g/mol. The highest BCUT2D eigenvalue weighted by molar-refractivity contribution is 7.55. The summed E-state index contributed by atoms with van der Waals surface area (Å²) in [4.78, 5) is 27.5. The summed E-state index contributed by atoms with van der Waals surface area (Å²) < 4.78 is 25.6. The van der Waals surface area contributed by atoms with E-state index in [1.165, 1.54) is 14.2 Å². The minimum atomic E-state index is -3.49. The summed E-state index contributed by atoms with van der Waals surface area (Å²) in [5, 5.41) is 9.16. The van der Waals surface area contributed by atoms with Crippen molar-refractivity contribution in [3.05, 3.63) is 23.3 Å². The van der Waals surface area contributed by atoms with Crippen molar-refractivity contribution in [2.24, 2.45) is 38.9 Å². The molecule has 6 nitrogen and oxygen atoms in total. The molecule has 0 radical (unpaired) electrons. The third-order valence-corrected chi connectivity index (χ3v) is 15.5. The molecule has 0 aromatic carbocycles. The molecule has 0 aromatic heterocycles. The fourth-order valence-electron chi connectivity index (χ4n) is 9.31. The fraction of sp³-hybridized carbons (Fsp3) is 0.788. The van der Waals surface area contributed by atoms with E-state index in [2.05, 4.69) is 47.6 Å². The van der Waals surface area contributed by atoms with Crippen molar-refractivity contribution in [3.8, 4) is 6.07 Å². The molecule has 0 saturated heterocycles. The van der Waals surface area contributed by atoms with Crippen LogP contribution in [0.4, 0.5) is 0 Å². The van der Waals surface area contributed by atoms with E-state index in [1.807, 2.05) is 26.0 Å². The van der Waals surface area contributed by atoms with Crippen LogP contribution >= 0.6 is 7.60 Å². The lowest BCUT2D eigenvalue weighted by Crippen LogP contribution is -2.62. The Morgan fingerprint density at radius 3 is 2.25 bits per heavy atom. The molecule has 40 heavy (non-hydrogen) atoms. The van der Waals surface area contributed by atoms with Gasteiger partial charge in [0, 0.05) is 31.0 Å². The van der Waals surface area contributed by atoms with Crippen LogP contribution in [-0.4, -0.2) is 30.9 Å². The second-order valence-electron chi connectivity index (χ2n) is 15.2. The van der Waals surface area contributed by atoms with Crippen molar-refractivity contribution >= 4 is 19.2 Å². The number of allylic oxidation sites excluding steroid dienone is 4. The molecule has 0 heterocycles. The number of carbonyl (C=O) groups excluding carboxylic acids is 2. The normalized spacial score (nSPS) is 39.3. The van der Waals surface area contributed by atoms with Gasteiger partial charge in [-0.2, -0.15) is 5.26 Å².